The number of benzene rings is 1. The Morgan fingerprint density at radius 2 is 1.46 bits per heavy atom. The van der Waals surface area contributed by atoms with E-state index < -0.39 is 53.8 Å². The number of phenolic OH excluding ortho intramolecular Hbond substituents is 1. The van der Waals surface area contributed by atoms with Crippen LogP contribution < -0.4 is 38.9 Å². The summed E-state index contributed by atoms with van der Waals surface area (Å²) in [4.78, 5) is 66.1. The molecule has 0 aliphatic carbocycles. The highest BCUT2D eigenvalue weighted by molar-refractivity contribution is 7.98. The maximum Gasteiger partial charge on any atom is 0.326 e. The summed E-state index contributed by atoms with van der Waals surface area (Å²) in [5.41, 5.74) is 22.2. The summed E-state index contributed by atoms with van der Waals surface area (Å²) < 4.78 is 0. The van der Waals surface area contributed by atoms with Crippen LogP contribution in [0.15, 0.2) is 29.3 Å². The zero-order valence-corrected chi connectivity index (χ0v) is 23.7. The molecule has 1 aromatic carbocycles. The van der Waals surface area contributed by atoms with Crippen LogP contribution in [0.2, 0.25) is 0 Å². The molecule has 15 nitrogen and oxygen atoms in total. The van der Waals surface area contributed by atoms with Gasteiger partial charge in [0.15, 0.2) is 5.96 Å². The molecule has 1 rings (SSSR count). The Bertz CT molecular complexity index is 1070. The first-order chi connectivity index (χ1) is 19.3. The number of primary amides is 1. The topological polar surface area (TPSA) is 278 Å². The van der Waals surface area contributed by atoms with Crippen LogP contribution in [0.4, 0.5) is 0 Å². The van der Waals surface area contributed by atoms with E-state index >= 15 is 0 Å². The molecule has 0 heterocycles. The van der Waals surface area contributed by atoms with Crippen molar-refractivity contribution in [1.82, 2.24) is 16.0 Å². The number of hydrogen-bond donors (Lipinski definition) is 9. The van der Waals surface area contributed by atoms with Gasteiger partial charge >= 0.3 is 5.97 Å². The largest absolute Gasteiger partial charge is 0.508 e. The van der Waals surface area contributed by atoms with Crippen LogP contribution in [0, 0.1) is 0 Å². The van der Waals surface area contributed by atoms with Crippen LogP contribution >= 0.6 is 11.8 Å². The Labute approximate surface area is 242 Å². The molecule has 0 aliphatic rings. The van der Waals surface area contributed by atoms with Gasteiger partial charge in [-0.05, 0) is 55.4 Å². The lowest BCUT2D eigenvalue weighted by Gasteiger charge is -2.25. The molecule has 41 heavy (non-hydrogen) atoms. The molecule has 16 heteroatoms. The first-order valence-electron chi connectivity index (χ1n) is 12.8. The minimum Gasteiger partial charge on any atom is -0.508 e. The fraction of sp³-hybridized carbons (Fsp3) is 0.520. The summed E-state index contributed by atoms with van der Waals surface area (Å²) in [7, 11) is 0. The van der Waals surface area contributed by atoms with Crippen LogP contribution in [0.1, 0.15) is 37.7 Å². The van der Waals surface area contributed by atoms with E-state index in [1.807, 2.05) is 6.26 Å². The molecule has 0 radical (unpaired) electrons. The van der Waals surface area contributed by atoms with Crippen molar-refractivity contribution in [2.45, 2.75) is 62.7 Å². The molecule has 4 atom stereocenters. The van der Waals surface area contributed by atoms with E-state index in [1.165, 1.54) is 36.0 Å². The Kier molecular flexibility index (Phi) is 15.6. The Morgan fingerprint density at radius 1 is 0.878 bits per heavy atom. The van der Waals surface area contributed by atoms with Crippen molar-refractivity contribution in [3.05, 3.63) is 29.8 Å². The summed E-state index contributed by atoms with van der Waals surface area (Å²) in [6.07, 6.45) is 1.99. The lowest BCUT2D eigenvalue weighted by atomic mass is 10.0. The second-order valence-corrected chi connectivity index (χ2v) is 10.2. The number of carboxylic acid groups (broad SMARTS) is 1. The van der Waals surface area contributed by atoms with Crippen molar-refractivity contribution in [3.8, 4) is 5.75 Å². The van der Waals surface area contributed by atoms with E-state index in [9.17, 15) is 34.2 Å². The number of thioether (sulfide) groups is 1. The second kappa shape index (κ2) is 18.3. The van der Waals surface area contributed by atoms with Crippen LogP contribution in [0.3, 0.4) is 0 Å². The molecule has 0 spiro atoms. The summed E-state index contributed by atoms with van der Waals surface area (Å²) in [5, 5.41) is 26.7. The molecule has 0 fully saturated rings. The average Bonchev–Trinajstić information content (AvgIpc) is 2.91. The van der Waals surface area contributed by atoms with Crippen molar-refractivity contribution < 1.29 is 34.2 Å². The van der Waals surface area contributed by atoms with Crippen LogP contribution in [0.25, 0.3) is 0 Å². The highest BCUT2D eigenvalue weighted by atomic mass is 32.2. The predicted molar refractivity (Wildman–Crippen MR) is 155 cm³/mol. The SMILES string of the molecule is CSCCC(N)C(=O)NC(CCC(N)=O)C(=O)NC(Cc1ccc(O)cc1)C(=O)NC(CCCN=C(N)N)C(=O)O. The summed E-state index contributed by atoms with van der Waals surface area (Å²) in [5.74, 6) is -3.78. The van der Waals surface area contributed by atoms with E-state index in [2.05, 4.69) is 20.9 Å². The Hall–Kier alpha value is -4.05. The van der Waals surface area contributed by atoms with Crippen LogP contribution in [-0.4, -0.2) is 88.5 Å². The third-order valence-corrected chi connectivity index (χ3v) is 6.50. The fourth-order valence-electron chi connectivity index (χ4n) is 3.59. The average molecular weight is 597 g/mol. The standard InChI is InChI=1S/C25H40N8O7S/c1-41-12-10-16(26)21(36)31-17(8-9-20(27)35)22(37)33-19(13-14-4-6-15(34)7-5-14)23(38)32-18(24(39)40)3-2-11-30-25(28)29/h4-7,16-19,34H,2-3,8-13,26H2,1H3,(H2,27,35)(H,31,36)(H,32,38)(H,33,37)(H,39,40)(H4,28,29,30). The molecule has 0 bridgehead atoms. The van der Waals surface area contributed by atoms with E-state index in [0.717, 1.165) is 0 Å². The van der Waals surface area contributed by atoms with Gasteiger partial charge in [-0.15, -0.1) is 0 Å². The van der Waals surface area contributed by atoms with E-state index in [-0.39, 0.29) is 50.4 Å². The molecule has 1 aromatic rings. The van der Waals surface area contributed by atoms with Crippen molar-refractivity contribution in [1.29, 1.82) is 0 Å². The molecular formula is C25H40N8O7S. The van der Waals surface area contributed by atoms with Gasteiger partial charge in [0.2, 0.25) is 23.6 Å². The summed E-state index contributed by atoms with van der Waals surface area (Å²) in [6.45, 7) is 0.149. The van der Waals surface area contributed by atoms with Gasteiger partial charge in [-0.25, -0.2) is 4.79 Å². The van der Waals surface area contributed by atoms with Gasteiger partial charge < -0.3 is 49.1 Å². The molecule has 0 aromatic heterocycles. The number of carbonyl (C=O) groups is 5. The number of aliphatic imine (C=N–C) groups is 1. The molecule has 228 valence electrons. The molecule has 0 saturated heterocycles. The zero-order valence-electron chi connectivity index (χ0n) is 22.9. The number of aliphatic carboxylic acids is 1. The third-order valence-electron chi connectivity index (χ3n) is 5.85. The molecule has 13 N–H and O–H groups in total. The van der Waals surface area contributed by atoms with Crippen molar-refractivity contribution >= 4 is 47.3 Å². The number of amides is 4. The third kappa shape index (κ3) is 14.2. The van der Waals surface area contributed by atoms with Gasteiger partial charge in [0.05, 0.1) is 6.04 Å². The molecule has 0 saturated carbocycles. The molecule has 4 amide bonds. The van der Waals surface area contributed by atoms with Gasteiger partial charge in [0.25, 0.3) is 0 Å². The number of nitrogens with zero attached hydrogens (tertiary/aromatic N) is 1. The van der Waals surface area contributed by atoms with Crippen LogP contribution in [0.5, 0.6) is 5.75 Å². The monoisotopic (exact) mass is 596 g/mol. The van der Waals surface area contributed by atoms with Crippen LogP contribution in [-0.2, 0) is 30.4 Å². The highest BCUT2D eigenvalue weighted by Gasteiger charge is 2.30. The minimum atomic E-state index is -1.31. The lowest BCUT2D eigenvalue weighted by Crippen LogP contribution is -2.57. The quantitative estimate of drug-likeness (QED) is 0.0472. The van der Waals surface area contributed by atoms with Gasteiger partial charge in [-0.1, -0.05) is 12.1 Å². The van der Waals surface area contributed by atoms with E-state index in [4.69, 9.17) is 22.9 Å². The number of carbonyl (C=O) groups excluding carboxylic acids is 4. The van der Waals surface area contributed by atoms with Crippen molar-refractivity contribution in [2.75, 3.05) is 18.6 Å². The van der Waals surface area contributed by atoms with E-state index in [0.29, 0.717) is 17.7 Å². The summed E-state index contributed by atoms with van der Waals surface area (Å²) in [6, 6.07) is 1.09. The first kappa shape index (κ1) is 35.0. The van der Waals surface area contributed by atoms with Gasteiger partial charge in [-0.3, -0.25) is 24.2 Å². The first-order valence-corrected chi connectivity index (χ1v) is 14.2. The number of nitrogens with two attached hydrogens (primary N) is 4. The lowest BCUT2D eigenvalue weighted by molar-refractivity contribution is -0.142. The summed E-state index contributed by atoms with van der Waals surface area (Å²) >= 11 is 1.49. The number of hydrogen-bond acceptors (Lipinski definition) is 9. The fourth-order valence-corrected chi connectivity index (χ4v) is 4.08. The minimum absolute atomic E-state index is 0.00293. The highest BCUT2D eigenvalue weighted by Crippen LogP contribution is 2.12. The van der Waals surface area contributed by atoms with Gasteiger partial charge in [-0.2, -0.15) is 11.8 Å². The van der Waals surface area contributed by atoms with Crippen molar-refractivity contribution in [3.63, 3.8) is 0 Å². The second-order valence-electron chi connectivity index (χ2n) is 9.23. The smallest absolute Gasteiger partial charge is 0.326 e. The van der Waals surface area contributed by atoms with Gasteiger partial charge in [0.1, 0.15) is 23.9 Å². The number of guanidine groups is 1. The number of aromatic hydroxyl groups is 1. The normalized spacial score (nSPS) is 13.6. The predicted octanol–water partition coefficient (Wildman–Crippen LogP) is -2.13. The van der Waals surface area contributed by atoms with E-state index in [1.54, 1.807) is 0 Å². The number of nitrogens with one attached hydrogen (secondary N) is 3. The Morgan fingerprint density at radius 3 is 2.02 bits per heavy atom. The zero-order chi connectivity index (χ0) is 30.9. The maximum absolute atomic E-state index is 13.3. The molecular weight excluding hydrogens is 556 g/mol. The number of carboxylic acids is 1. The van der Waals surface area contributed by atoms with Crippen molar-refractivity contribution in [2.24, 2.45) is 27.9 Å². The van der Waals surface area contributed by atoms with Gasteiger partial charge in [0, 0.05) is 19.4 Å². The molecule has 0 aliphatic heterocycles. The Balaban J connectivity index is 3.14. The number of rotatable bonds is 19. The molecule has 4 unspecified atom stereocenters. The maximum atomic E-state index is 13.3. The number of phenols is 1.